The molecule has 0 saturated carbocycles. The molecule has 10 heteroatoms. The summed E-state index contributed by atoms with van der Waals surface area (Å²) in [5.74, 6) is -1.27. The lowest BCUT2D eigenvalue weighted by molar-refractivity contribution is -0.137. The summed E-state index contributed by atoms with van der Waals surface area (Å²) >= 11 is 0. The van der Waals surface area contributed by atoms with E-state index in [-0.39, 0.29) is 24.6 Å². The maximum Gasteiger partial charge on any atom is 0.305 e. The first-order chi connectivity index (χ1) is 13.8. The van der Waals surface area contributed by atoms with Crippen molar-refractivity contribution in [2.24, 2.45) is 0 Å². The Morgan fingerprint density at radius 3 is 2.52 bits per heavy atom. The second-order valence-electron chi connectivity index (χ2n) is 6.86. The minimum Gasteiger partial charge on any atom is -0.481 e. The molecule has 0 fully saturated rings. The van der Waals surface area contributed by atoms with E-state index >= 15 is 0 Å². The third kappa shape index (κ3) is 4.53. The number of hydrogen-bond donors (Lipinski definition) is 2. The molecule has 29 heavy (non-hydrogen) atoms. The van der Waals surface area contributed by atoms with E-state index in [1.54, 1.807) is 12.3 Å². The van der Waals surface area contributed by atoms with Gasteiger partial charge in [-0.3, -0.25) is 23.6 Å². The number of anilines is 1. The van der Waals surface area contributed by atoms with Gasteiger partial charge < -0.3 is 10.4 Å². The molecular formula is C19H25N7O3. The zero-order chi connectivity index (χ0) is 21.1. The van der Waals surface area contributed by atoms with Crippen LogP contribution in [0.3, 0.4) is 0 Å². The van der Waals surface area contributed by atoms with Crippen molar-refractivity contribution < 1.29 is 14.7 Å². The zero-order valence-electron chi connectivity index (χ0n) is 17.0. The number of rotatable bonds is 8. The molecule has 3 aromatic rings. The summed E-state index contributed by atoms with van der Waals surface area (Å²) in [5.41, 5.74) is 4.45. The van der Waals surface area contributed by atoms with Crippen LogP contribution in [-0.2, 0) is 24.4 Å². The van der Waals surface area contributed by atoms with Crippen LogP contribution in [0.15, 0.2) is 18.5 Å². The molecule has 10 nitrogen and oxygen atoms in total. The van der Waals surface area contributed by atoms with Gasteiger partial charge >= 0.3 is 5.97 Å². The van der Waals surface area contributed by atoms with E-state index in [1.165, 1.54) is 4.68 Å². The van der Waals surface area contributed by atoms with E-state index in [2.05, 4.69) is 20.6 Å². The highest BCUT2D eigenvalue weighted by Crippen LogP contribution is 2.21. The lowest BCUT2D eigenvalue weighted by Crippen LogP contribution is -2.15. The van der Waals surface area contributed by atoms with Crippen molar-refractivity contribution in [1.82, 2.24) is 29.3 Å². The maximum absolute atomic E-state index is 12.6. The minimum atomic E-state index is -0.912. The number of aromatic nitrogens is 6. The average molecular weight is 399 g/mol. The molecular weight excluding hydrogens is 374 g/mol. The van der Waals surface area contributed by atoms with Crippen LogP contribution in [0.5, 0.6) is 0 Å². The van der Waals surface area contributed by atoms with Gasteiger partial charge in [-0.1, -0.05) is 0 Å². The van der Waals surface area contributed by atoms with Gasteiger partial charge in [0.25, 0.3) is 5.91 Å². The fourth-order valence-electron chi connectivity index (χ4n) is 3.06. The molecule has 2 N–H and O–H groups in total. The predicted octanol–water partition coefficient (Wildman–Crippen LogP) is 2.00. The second-order valence-corrected chi connectivity index (χ2v) is 6.86. The molecule has 0 aromatic carbocycles. The molecule has 3 aromatic heterocycles. The standard InChI is InChI=1S/C19H25N7O3/c1-5-24-10-15(12(2)21-24)11-26-14(4)18(13(3)22-26)20-19(29)16-6-8-25(23-16)9-7-17(27)28/h6,8,10H,5,7,9,11H2,1-4H3,(H,20,29)(H,27,28). The Balaban J connectivity index is 1.73. The van der Waals surface area contributed by atoms with Crippen molar-refractivity contribution in [3.8, 4) is 0 Å². The summed E-state index contributed by atoms with van der Waals surface area (Å²) in [5, 5.41) is 24.8. The van der Waals surface area contributed by atoms with Crippen LogP contribution < -0.4 is 5.32 Å². The molecule has 0 saturated heterocycles. The highest BCUT2D eigenvalue weighted by Gasteiger charge is 2.18. The van der Waals surface area contributed by atoms with Crippen molar-refractivity contribution in [3.05, 3.63) is 46.8 Å². The minimum absolute atomic E-state index is 0.0538. The fourth-order valence-corrected chi connectivity index (χ4v) is 3.06. The molecule has 0 aliphatic heterocycles. The van der Waals surface area contributed by atoms with Gasteiger partial charge in [0.15, 0.2) is 5.69 Å². The SMILES string of the molecule is CCn1cc(Cn2nc(C)c(NC(=O)c3ccn(CCC(=O)O)n3)c2C)c(C)n1. The highest BCUT2D eigenvalue weighted by molar-refractivity contribution is 6.03. The van der Waals surface area contributed by atoms with Gasteiger partial charge in [0.1, 0.15) is 0 Å². The van der Waals surface area contributed by atoms with Crippen LogP contribution in [0.2, 0.25) is 0 Å². The second kappa shape index (κ2) is 8.29. The van der Waals surface area contributed by atoms with Gasteiger partial charge in [-0.25, -0.2) is 0 Å². The topological polar surface area (TPSA) is 120 Å². The molecule has 3 heterocycles. The summed E-state index contributed by atoms with van der Waals surface area (Å²) in [6.07, 6.45) is 3.55. The zero-order valence-corrected chi connectivity index (χ0v) is 17.0. The van der Waals surface area contributed by atoms with Crippen LogP contribution in [-0.4, -0.2) is 46.3 Å². The van der Waals surface area contributed by atoms with Crippen LogP contribution >= 0.6 is 0 Å². The first-order valence-corrected chi connectivity index (χ1v) is 9.42. The normalized spacial score (nSPS) is 11.0. The number of hydrogen-bond acceptors (Lipinski definition) is 5. The Hall–Kier alpha value is -3.43. The van der Waals surface area contributed by atoms with Crippen molar-refractivity contribution in [2.75, 3.05) is 5.32 Å². The third-order valence-corrected chi connectivity index (χ3v) is 4.74. The van der Waals surface area contributed by atoms with E-state index in [0.29, 0.717) is 17.9 Å². The molecule has 3 rings (SSSR count). The summed E-state index contributed by atoms with van der Waals surface area (Å²) in [7, 11) is 0. The van der Waals surface area contributed by atoms with Gasteiger partial charge in [0.2, 0.25) is 0 Å². The van der Waals surface area contributed by atoms with Crippen LogP contribution in [0.4, 0.5) is 5.69 Å². The molecule has 1 amide bonds. The number of nitrogens with one attached hydrogen (secondary N) is 1. The van der Waals surface area contributed by atoms with E-state index in [9.17, 15) is 9.59 Å². The molecule has 0 radical (unpaired) electrons. The highest BCUT2D eigenvalue weighted by atomic mass is 16.4. The molecule has 0 spiro atoms. The van der Waals surface area contributed by atoms with Crippen molar-refractivity contribution in [1.29, 1.82) is 0 Å². The number of nitrogens with zero attached hydrogens (tertiary/aromatic N) is 6. The summed E-state index contributed by atoms with van der Waals surface area (Å²) in [6.45, 7) is 9.33. The number of carboxylic acids is 1. The van der Waals surface area contributed by atoms with E-state index in [4.69, 9.17) is 5.11 Å². The van der Waals surface area contributed by atoms with Crippen LogP contribution in [0.25, 0.3) is 0 Å². The number of carbonyl (C=O) groups is 2. The molecule has 154 valence electrons. The summed E-state index contributed by atoms with van der Waals surface area (Å²) in [4.78, 5) is 23.2. The van der Waals surface area contributed by atoms with E-state index in [0.717, 1.165) is 23.5 Å². The molecule has 0 aliphatic rings. The first-order valence-electron chi connectivity index (χ1n) is 9.42. The molecule has 0 unspecified atom stereocenters. The maximum atomic E-state index is 12.6. The monoisotopic (exact) mass is 399 g/mol. The molecule has 0 atom stereocenters. The van der Waals surface area contributed by atoms with Gasteiger partial charge in [-0.15, -0.1) is 0 Å². The smallest absolute Gasteiger partial charge is 0.305 e. The number of carbonyl (C=O) groups excluding carboxylic acids is 1. The first kappa shape index (κ1) is 20.3. The Morgan fingerprint density at radius 2 is 1.86 bits per heavy atom. The quantitative estimate of drug-likeness (QED) is 0.598. The number of amides is 1. The predicted molar refractivity (Wildman–Crippen MR) is 106 cm³/mol. The van der Waals surface area contributed by atoms with Crippen LogP contribution in [0, 0.1) is 20.8 Å². The number of carboxylic acid groups (broad SMARTS) is 1. The van der Waals surface area contributed by atoms with E-state index in [1.807, 2.05) is 43.3 Å². The van der Waals surface area contributed by atoms with Crippen molar-refractivity contribution in [3.63, 3.8) is 0 Å². The van der Waals surface area contributed by atoms with Crippen LogP contribution in [0.1, 0.15) is 46.5 Å². The Morgan fingerprint density at radius 1 is 1.10 bits per heavy atom. The Bertz CT molecular complexity index is 1040. The van der Waals surface area contributed by atoms with Crippen molar-refractivity contribution in [2.45, 2.75) is 53.8 Å². The van der Waals surface area contributed by atoms with Crippen molar-refractivity contribution >= 4 is 17.6 Å². The average Bonchev–Trinajstić information content (AvgIpc) is 3.35. The lowest BCUT2D eigenvalue weighted by Gasteiger charge is -2.06. The Labute approximate surface area is 168 Å². The Kier molecular flexibility index (Phi) is 5.81. The molecule has 0 aliphatic carbocycles. The van der Waals surface area contributed by atoms with Gasteiger partial charge in [-0.05, 0) is 33.8 Å². The number of aryl methyl sites for hydroxylation is 4. The third-order valence-electron chi connectivity index (χ3n) is 4.74. The largest absolute Gasteiger partial charge is 0.481 e. The fraction of sp³-hybridized carbons (Fsp3) is 0.421. The molecule has 0 bridgehead atoms. The van der Waals surface area contributed by atoms with Gasteiger partial charge in [0.05, 0.1) is 42.3 Å². The number of aliphatic carboxylic acids is 1. The van der Waals surface area contributed by atoms with Gasteiger partial charge in [-0.2, -0.15) is 15.3 Å². The summed E-state index contributed by atoms with van der Waals surface area (Å²) in [6, 6.07) is 1.56. The van der Waals surface area contributed by atoms with E-state index < -0.39 is 5.97 Å². The lowest BCUT2D eigenvalue weighted by atomic mass is 10.2. The summed E-state index contributed by atoms with van der Waals surface area (Å²) < 4.78 is 5.18. The van der Waals surface area contributed by atoms with Gasteiger partial charge in [0, 0.05) is 24.5 Å².